The number of fused-ring (bicyclic) bond motifs is 1. The van der Waals surface area contributed by atoms with Crippen LogP contribution in [0.15, 0.2) is 24.3 Å². The lowest BCUT2D eigenvalue weighted by molar-refractivity contribution is -0.174. The first-order valence-corrected chi connectivity index (χ1v) is 7.34. The van der Waals surface area contributed by atoms with Crippen molar-refractivity contribution in [1.29, 1.82) is 0 Å². The van der Waals surface area contributed by atoms with Crippen LogP contribution in [0.1, 0.15) is 20.8 Å². The molecule has 2 aliphatic heterocycles. The van der Waals surface area contributed by atoms with E-state index < -0.39 is 11.7 Å². The molecule has 0 radical (unpaired) electrons. The van der Waals surface area contributed by atoms with Gasteiger partial charge in [0.05, 0.1) is 13.1 Å². The summed E-state index contributed by atoms with van der Waals surface area (Å²) in [4.78, 5) is 14.2. The second-order valence-corrected chi connectivity index (χ2v) is 6.26. The van der Waals surface area contributed by atoms with Gasteiger partial charge in [0.2, 0.25) is 6.10 Å². The normalized spacial score (nSPS) is 26.4. The van der Waals surface area contributed by atoms with Crippen LogP contribution < -0.4 is 9.47 Å². The molecule has 1 aromatic carbocycles. The minimum Gasteiger partial charge on any atom is -0.482 e. The summed E-state index contributed by atoms with van der Waals surface area (Å²) in [6.07, 6.45) is -1.00. The molecule has 2 aliphatic rings. The van der Waals surface area contributed by atoms with Gasteiger partial charge in [0.15, 0.2) is 11.5 Å². The minimum atomic E-state index is -0.771. The van der Waals surface area contributed by atoms with Crippen molar-refractivity contribution in [2.45, 2.75) is 38.6 Å². The molecular formula is C16H21NO4. The van der Waals surface area contributed by atoms with Gasteiger partial charge in [0, 0.05) is 0 Å². The van der Waals surface area contributed by atoms with Gasteiger partial charge >= 0.3 is 0 Å². The second kappa shape index (κ2) is 4.91. The van der Waals surface area contributed by atoms with Gasteiger partial charge in [-0.3, -0.25) is 4.79 Å². The highest BCUT2D eigenvalue weighted by Crippen LogP contribution is 2.35. The average Bonchev–Trinajstić information content (AvgIpc) is 2.42. The Bertz CT molecular complexity index is 551. The summed E-state index contributed by atoms with van der Waals surface area (Å²) in [5.74, 6) is 1.26. The minimum absolute atomic E-state index is 0.123. The molecule has 1 amide bonds. The van der Waals surface area contributed by atoms with E-state index in [0.717, 1.165) is 0 Å². The number of para-hydroxylation sites is 2. The molecule has 1 saturated heterocycles. The fourth-order valence-electron chi connectivity index (χ4n) is 2.71. The van der Waals surface area contributed by atoms with Crippen molar-refractivity contribution in [3.63, 3.8) is 0 Å². The smallest absolute Gasteiger partial charge is 0.267 e. The van der Waals surface area contributed by atoms with Gasteiger partial charge in [-0.25, -0.2) is 0 Å². The molecule has 2 atom stereocenters. The average molecular weight is 291 g/mol. The van der Waals surface area contributed by atoms with Gasteiger partial charge in [0.25, 0.3) is 5.91 Å². The van der Waals surface area contributed by atoms with E-state index in [1.165, 1.54) is 0 Å². The molecule has 2 unspecified atom stereocenters. The van der Waals surface area contributed by atoms with Crippen molar-refractivity contribution in [3.8, 4) is 11.5 Å². The molecule has 1 fully saturated rings. The lowest BCUT2D eigenvalue weighted by atomic mass is 9.82. The van der Waals surface area contributed by atoms with Gasteiger partial charge in [-0.05, 0) is 25.0 Å². The molecule has 114 valence electrons. The van der Waals surface area contributed by atoms with Crippen LogP contribution in [0.5, 0.6) is 11.5 Å². The van der Waals surface area contributed by atoms with Gasteiger partial charge in [0.1, 0.15) is 11.7 Å². The number of rotatable bonds is 2. The third kappa shape index (κ3) is 2.35. The zero-order valence-electron chi connectivity index (χ0n) is 12.6. The maximum Gasteiger partial charge on any atom is 0.267 e. The molecular weight excluding hydrogens is 270 g/mol. The maximum absolute atomic E-state index is 12.5. The molecule has 0 bridgehead atoms. The van der Waals surface area contributed by atoms with E-state index in [1.807, 2.05) is 39.0 Å². The van der Waals surface area contributed by atoms with Crippen LogP contribution in [0.2, 0.25) is 0 Å². The van der Waals surface area contributed by atoms with Crippen LogP contribution in [-0.4, -0.2) is 46.8 Å². The highest BCUT2D eigenvalue weighted by Gasteiger charge is 2.49. The maximum atomic E-state index is 12.5. The molecule has 5 nitrogen and oxygen atoms in total. The Morgan fingerprint density at radius 1 is 1.29 bits per heavy atom. The third-order valence-electron chi connectivity index (χ3n) is 4.40. The van der Waals surface area contributed by atoms with E-state index in [1.54, 1.807) is 11.0 Å². The van der Waals surface area contributed by atoms with Crippen molar-refractivity contribution in [2.75, 3.05) is 13.1 Å². The van der Waals surface area contributed by atoms with E-state index in [-0.39, 0.29) is 17.9 Å². The van der Waals surface area contributed by atoms with Gasteiger partial charge < -0.3 is 19.5 Å². The number of aliphatic hydroxyl groups is 1. The molecule has 1 aromatic rings. The fraction of sp³-hybridized carbons (Fsp3) is 0.562. The first-order valence-electron chi connectivity index (χ1n) is 7.34. The van der Waals surface area contributed by atoms with Crippen molar-refractivity contribution in [2.24, 2.45) is 5.92 Å². The summed E-state index contributed by atoms with van der Waals surface area (Å²) in [5, 5.41) is 10.3. The molecule has 0 aliphatic carbocycles. The number of β-amino-alcohol motifs (C(OH)–C–C–N with tert-alkyl or cyclic N) is 1. The zero-order valence-corrected chi connectivity index (χ0v) is 12.6. The number of amides is 1. The fourth-order valence-corrected chi connectivity index (χ4v) is 2.71. The van der Waals surface area contributed by atoms with Crippen LogP contribution >= 0.6 is 0 Å². The van der Waals surface area contributed by atoms with Gasteiger partial charge in [-0.15, -0.1) is 0 Å². The third-order valence-corrected chi connectivity index (χ3v) is 4.40. The highest BCUT2D eigenvalue weighted by molar-refractivity contribution is 5.83. The van der Waals surface area contributed by atoms with Crippen molar-refractivity contribution in [3.05, 3.63) is 24.3 Å². The van der Waals surface area contributed by atoms with Crippen LogP contribution in [-0.2, 0) is 4.79 Å². The summed E-state index contributed by atoms with van der Waals surface area (Å²) in [5.41, 5.74) is -0.771. The largest absolute Gasteiger partial charge is 0.482 e. The topological polar surface area (TPSA) is 59.0 Å². The summed E-state index contributed by atoms with van der Waals surface area (Å²) >= 11 is 0. The Kier molecular flexibility index (Phi) is 3.32. The first-order chi connectivity index (χ1) is 9.90. The number of likely N-dealkylation sites (tertiary alicyclic amines) is 1. The van der Waals surface area contributed by atoms with Crippen molar-refractivity contribution >= 4 is 5.91 Å². The van der Waals surface area contributed by atoms with Crippen molar-refractivity contribution in [1.82, 2.24) is 4.90 Å². The quantitative estimate of drug-likeness (QED) is 0.896. The first kappa shape index (κ1) is 14.2. The SMILES string of the molecule is CC1Oc2ccccc2OC1C(=O)N1CC(O)(C(C)C)C1. The number of ether oxygens (including phenoxy) is 2. The summed E-state index contributed by atoms with van der Waals surface area (Å²) in [6, 6.07) is 7.34. The molecule has 1 N–H and O–H groups in total. The number of benzene rings is 1. The second-order valence-electron chi connectivity index (χ2n) is 6.26. The number of carbonyl (C=O) groups is 1. The number of hydrogen-bond acceptors (Lipinski definition) is 4. The van der Waals surface area contributed by atoms with Gasteiger partial charge in [-0.1, -0.05) is 26.0 Å². The zero-order chi connectivity index (χ0) is 15.2. The predicted molar refractivity (Wildman–Crippen MR) is 77.3 cm³/mol. The highest BCUT2D eigenvalue weighted by atomic mass is 16.6. The van der Waals surface area contributed by atoms with Crippen molar-refractivity contribution < 1.29 is 19.4 Å². The lowest BCUT2D eigenvalue weighted by Crippen LogP contribution is -2.68. The van der Waals surface area contributed by atoms with Crippen LogP contribution in [0.3, 0.4) is 0 Å². The standard InChI is InChI=1S/C16H21NO4/c1-10(2)16(19)8-17(9-16)15(18)14-11(3)20-12-6-4-5-7-13(12)21-14/h4-7,10-11,14,19H,8-9H2,1-3H3. The number of carbonyl (C=O) groups excluding carboxylic acids is 1. The Morgan fingerprint density at radius 3 is 2.43 bits per heavy atom. The van der Waals surface area contributed by atoms with Crippen LogP contribution in [0.4, 0.5) is 0 Å². The van der Waals surface area contributed by atoms with E-state index >= 15 is 0 Å². The number of nitrogens with zero attached hydrogens (tertiary/aromatic N) is 1. The van der Waals surface area contributed by atoms with E-state index in [2.05, 4.69) is 0 Å². The molecule has 3 rings (SSSR count). The van der Waals surface area contributed by atoms with E-state index in [0.29, 0.717) is 24.6 Å². The molecule has 0 aromatic heterocycles. The summed E-state index contributed by atoms with van der Waals surface area (Å²) in [7, 11) is 0. The van der Waals surface area contributed by atoms with E-state index in [9.17, 15) is 9.90 Å². The van der Waals surface area contributed by atoms with E-state index in [4.69, 9.17) is 9.47 Å². The Morgan fingerprint density at radius 2 is 1.86 bits per heavy atom. The van der Waals surface area contributed by atoms with Crippen LogP contribution in [0.25, 0.3) is 0 Å². The Hall–Kier alpha value is -1.75. The van der Waals surface area contributed by atoms with Crippen LogP contribution in [0, 0.1) is 5.92 Å². The molecule has 0 saturated carbocycles. The molecule has 21 heavy (non-hydrogen) atoms. The predicted octanol–water partition coefficient (Wildman–Crippen LogP) is 1.44. The number of hydrogen-bond donors (Lipinski definition) is 1. The summed E-state index contributed by atoms with van der Waals surface area (Å²) < 4.78 is 11.5. The Balaban J connectivity index is 1.70. The molecule has 0 spiro atoms. The Labute approximate surface area is 124 Å². The molecule has 2 heterocycles. The monoisotopic (exact) mass is 291 g/mol. The summed E-state index contributed by atoms with van der Waals surface area (Å²) in [6.45, 7) is 6.46. The van der Waals surface area contributed by atoms with Gasteiger partial charge in [-0.2, -0.15) is 0 Å². The lowest BCUT2D eigenvalue weighted by Gasteiger charge is -2.50. The molecule has 5 heteroatoms.